The number of fused-ring (bicyclic) bond motifs is 3. The van der Waals surface area contributed by atoms with Crippen LogP contribution in [0.25, 0.3) is 33.1 Å². The van der Waals surface area contributed by atoms with Crippen LogP contribution in [0.4, 0.5) is 0 Å². The summed E-state index contributed by atoms with van der Waals surface area (Å²) in [7, 11) is 1.71. The molecule has 3 nitrogen and oxygen atoms in total. The molecule has 4 rings (SSSR count). The Balaban J connectivity index is 1.71. The van der Waals surface area contributed by atoms with Crippen LogP contribution in [-0.2, 0) is 4.65 Å². The van der Waals surface area contributed by atoms with Crippen LogP contribution in [0.3, 0.4) is 0 Å². The molecule has 0 aliphatic rings. The molecule has 0 aliphatic carbocycles. The maximum atomic E-state index is 10.3. The van der Waals surface area contributed by atoms with Gasteiger partial charge >= 0.3 is 7.48 Å². The van der Waals surface area contributed by atoms with Gasteiger partial charge in [0.1, 0.15) is 11.2 Å². The van der Waals surface area contributed by atoms with E-state index in [4.69, 9.17) is 9.07 Å². The molecule has 0 saturated carbocycles. The Bertz CT molecular complexity index is 1120. The molecule has 141 valence electrons. The lowest BCUT2D eigenvalue weighted by Gasteiger charge is -2.37. The number of rotatable bonds is 5. The van der Waals surface area contributed by atoms with Crippen molar-refractivity contribution in [2.24, 2.45) is 0 Å². The van der Waals surface area contributed by atoms with E-state index >= 15 is 0 Å². The molecule has 4 aromatic rings. The molecule has 0 fully saturated rings. The summed E-state index contributed by atoms with van der Waals surface area (Å²) < 4.78 is 11.9. The van der Waals surface area contributed by atoms with Gasteiger partial charge in [-0.2, -0.15) is 0 Å². The maximum Gasteiger partial charge on any atom is 0.330 e. The summed E-state index contributed by atoms with van der Waals surface area (Å²) in [6, 6.07) is 22.6. The molecule has 1 heterocycles. The maximum absolute atomic E-state index is 10.3. The van der Waals surface area contributed by atoms with Gasteiger partial charge < -0.3 is 14.2 Å². The first-order valence-electron chi connectivity index (χ1n) is 9.50. The zero-order valence-corrected chi connectivity index (χ0v) is 16.7. The van der Waals surface area contributed by atoms with Crippen molar-refractivity contribution < 1.29 is 14.2 Å². The highest BCUT2D eigenvalue weighted by Gasteiger charge is 2.35. The first-order valence-corrected chi connectivity index (χ1v) is 9.50. The minimum Gasteiger partial charge on any atom is -0.456 e. The van der Waals surface area contributed by atoms with Gasteiger partial charge in [0.25, 0.3) is 0 Å². The third-order valence-electron chi connectivity index (χ3n) is 5.56. The molecule has 0 unspecified atom stereocenters. The standard InChI is InChI=1S/C24H24BO3/c1-23(2,26)24(3,4)28-25-18-11-13-22-20(15-18)19-14-17(10-12-21(19)27-22)16-8-6-5-7-9-16/h5-15,26H,1-4H3. The zero-order valence-electron chi connectivity index (χ0n) is 16.7. The van der Waals surface area contributed by atoms with Crippen LogP contribution in [0.5, 0.6) is 0 Å². The molecule has 0 amide bonds. The van der Waals surface area contributed by atoms with Gasteiger partial charge in [-0.25, -0.2) is 0 Å². The van der Waals surface area contributed by atoms with Gasteiger partial charge in [0.05, 0.1) is 11.2 Å². The second-order valence-electron chi connectivity index (χ2n) is 8.24. The van der Waals surface area contributed by atoms with Crippen molar-refractivity contribution in [2.45, 2.75) is 38.9 Å². The summed E-state index contributed by atoms with van der Waals surface area (Å²) in [4.78, 5) is 0. The van der Waals surface area contributed by atoms with Crippen molar-refractivity contribution in [1.29, 1.82) is 0 Å². The number of hydrogen-bond donors (Lipinski definition) is 1. The number of aliphatic hydroxyl groups is 1. The second kappa shape index (κ2) is 6.80. The van der Waals surface area contributed by atoms with Gasteiger partial charge in [-0.1, -0.05) is 54.0 Å². The summed E-state index contributed by atoms with van der Waals surface area (Å²) in [5.41, 5.74) is 3.31. The average molecular weight is 371 g/mol. The summed E-state index contributed by atoms with van der Waals surface area (Å²) in [5, 5.41) is 12.4. The number of hydrogen-bond acceptors (Lipinski definition) is 3. The van der Waals surface area contributed by atoms with E-state index in [9.17, 15) is 5.11 Å². The average Bonchev–Trinajstić information content (AvgIpc) is 3.03. The molecule has 0 spiro atoms. The molecule has 28 heavy (non-hydrogen) atoms. The van der Waals surface area contributed by atoms with Crippen molar-refractivity contribution in [3.8, 4) is 11.1 Å². The smallest absolute Gasteiger partial charge is 0.330 e. The largest absolute Gasteiger partial charge is 0.456 e. The Kier molecular flexibility index (Phi) is 4.57. The van der Waals surface area contributed by atoms with Crippen molar-refractivity contribution in [2.75, 3.05) is 0 Å². The Hall–Kier alpha value is -2.56. The molecule has 0 aliphatic heterocycles. The molecule has 1 aromatic heterocycles. The van der Waals surface area contributed by atoms with Crippen LogP contribution in [0.2, 0.25) is 0 Å². The molecule has 0 atom stereocenters. The lowest BCUT2D eigenvalue weighted by Crippen LogP contribution is -2.49. The predicted molar refractivity (Wildman–Crippen MR) is 116 cm³/mol. The summed E-state index contributed by atoms with van der Waals surface area (Å²) in [6.07, 6.45) is 0. The van der Waals surface area contributed by atoms with E-state index in [1.54, 1.807) is 21.3 Å². The van der Waals surface area contributed by atoms with E-state index in [0.717, 1.165) is 33.0 Å². The topological polar surface area (TPSA) is 42.6 Å². The minimum absolute atomic E-state index is 0.707. The molecule has 0 saturated heterocycles. The summed E-state index contributed by atoms with van der Waals surface area (Å²) in [5.74, 6) is 0. The van der Waals surface area contributed by atoms with Crippen LogP contribution < -0.4 is 5.46 Å². The Morgan fingerprint density at radius 3 is 2.11 bits per heavy atom. The fourth-order valence-corrected chi connectivity index (χ4v) is 3.04. The van der Waals surface area contributed by atoms with E-state index in [1.165, 1.54) is 5.56 Å². The first kappa shape index (κ1) is 18.8. The van der Waals surface area contributed by atoms with E-state index in [2.05, 4.69) is 30.3 Å². The highest BCUT2D eigenvalue weighted by Crippen LogP contribution is 2.32. The van der Waals surface area contributed by atoms with E-state index in [-0.39, 0.29) is 0 Å². The highest BCUT2D eigenvalue weighted by atomic mass is 16.5. The Morgan fingerprint density at radius 1 is 0.786 bits per heavy atom. The van der Waals surface area contributed by atoms with Crippen molar-refractivity contribution >= 4 is 34.9 Å². The van der Waals surface area contributed by atoms with Gasteiger partial charge in [-0.15, -0.1) is 0 Å². The minimum atomic E-state index is -0.958. The SMILES string of the molecule is CC(C)(O)C(C)(C)O[B]c1ccc2oc3ccc(-c4ccccc4)cc3c2c1. The third kappa shape index (κ3) is 3.46. The first-order chi connectivity index (χ1) is 13.2. The quantitative estimate of drug-likeness (QED) is 0.499. The summed E-state index contributed by atoms with van der Waals surface area (Å²) >= 11 is 0. The zero-order chi connectivity index (χ0) is 19.9. The normalized spacial score (nSPS) is 12.6. The fourth-order valence-electron chi connectivity index (χ4n) is 3.04. The van der Waals surface area contributed by atoms with Crippen LogP contribution >= 0.6 is 0 Å². The van der Waals surface area contributed by atoms with E-state index in [0.29, 0.717) is 0 Å². The lowest BCUT2D eigenvalue weighted by molar-refractivity contribution is -0.0893. The van der Waals surface area contributed by atoms with E-state index in [1.807, 2.05) is 50.2 Å². The Labute approximate surface area is 166 Å². The molecular formula is C24H24BO3. The molecule has 3 aromatic carbocycles. The van der Waals surface area contributed by atoms with Crippen molar-refractivity contribution in [3.05, 3.63) is 66.7 Å². The molecule has 1 N–H and O–H groups in total. The molecule has 0 bridgehead atoms. The second-order valence-corrected chi connectivity index (χ2v) is 8.24. The number of furan rings is 1. The van der Waals surface area contributed by atoms with Gasteiger partial charge in [0.2, 0.25) is 0 Å². The molecule has 4 heteroatoms. The fraction of sp³-hybridized carbons (Fsp3) is 0.250. The van der Waals surface area contributed by atoms with Gasteiger partial charge in [0.15, 0.2) is 0 Å². The third-order valence-corrected chi connectivity index (χ3v) is 5.56. The van der Waals surface area contributed by atoms with Gasteiger partial charge in [0, 0.05) is 10.8 Å². The van der Waals surface area contributed by atoms with Crippen molar-refractivity contribution in [1.82, 2.24) is 0 Å². The van der Waals surface area contributed by atoms with E-state index < -0.39 is 11.2 Å². The Morgan fingerprint density at radius 2 is 1.43 bits per heavy atom. The monoisotopic (exact) mass is 371 g/mol. The van der Waals surface area contributed by atoms with Gasteiger partial charge in [-0.05, 0) is 57.0 Å². The van der Waals surface area contributed by atoms with Crippen LogP contribution in [0.1, 0.15) is 27.7 Å². The number of benzene rings is 3. The predicted octanol–water partition coefficient (Wildman–Crippen LogP) is 5.06. The van der Waals surface area contributed by atoms with Crippen LogP contribution in [0.15, 0.2) is 71.1 Å². The summed E-state index contributed by atoms with van der Waals surface area (Å²) in [6.45, 7) is 7.25. The molecular weight excluding hydrogens is 347 g/mol. The lowest BCUT2D eigenvalue weighted by atomic mass is 9.82. The van der Waals surface area contributed by atoms with Gasteiger partial charge in [-0.3, -0.25) is 0 Å². The molecule has 1 radical (unpaired) electrons. The van der Waals surface area contributed by atoms with Crippen LogP contribution in [-0.4, -0.2) is 23.8 Å². The van der Waals surface area contributed by atoms with Crippen LogP contribution in [0, 0.1) is 0 Å². The van der Waals surface area contributed by atoms with Crippen molar-refractivity contribution in [3.63, 3.8) is 0 Å². The highest BCUT2D eigenvalue weighted by molar-refractivity contribution is 6.47.